The van der Waals surface area contributed by atoms with Crippen molar-refractivity contribution in [1.82, 2.24) is 20.1 Å². The third-order valence-corrected chi connectivity index (χ3v) is 5.47. The number of anilines is 2. The van der Waals surface area contributed by atoms with Crippen molar-refractivity contribution in [2.45, 2.75) is 38.7 Å². The molecular weight excluding hydrogens is 368 g/mol. The van der Waals surface area contributed by atoms with Gasteiger partial charge >= 0.3 is 0 Å². The van der Waals surface area contributed by atoms with E-state index in [9.17, 15) is 4.79 Å². The van der Waals surface area contributed by atoms with Crippen LogP contribution in [0.4, 0.5) is 11.6 Å². The number of nitrogens with one attached hydrogen (secondary N) is 1. The Balaban J connectivity index is 1.30. The average Bonchev–Trinajstić information content (AvgIpc) is 3.28. The lowest BCUT2D eigenvalue weighted by molar-refractivity contribution is 0.0746. The van der Waals surface area contributed by atoms with Gasteiger partial charge in [-0.25, -0.2) is 4.98 Å². The molecule has 0 spiro atoms. The van der Waals surface area contributed by atoms with Crippen molar-refractivity contribution < 1.29 is 9.53 Å². The summed E-state index contributed by atoms with van der Waals surface area (Å²) < 4.78 is 5.88. The highest BCUT2D eigenvalue weighted by molar-refractivity contribution is 5.94. The van der Waals surface area contributed by atoms with Gasteiger partial charge in [0.1, 0.15) is 11.9 Å². The van der Waals surface area contributed by atoms with Gasteiger partial charge in [-0.3, -0.25) is 4.79 Å². The quantitative estimate of drug-likeness (QED) is 0.803. The number of pyridine rings is 1. The topological polar surface area (TPSA) is 83.5 Å². The van der Waals surface area contributed by atoms with Gasteiger partial charge in [-0.15, -0.1) is 10.2 Å². The molecule has 1 saturated carbocycles. The third-order valence-electron chi connectivity index (χ3n) is 5.47. The van der Waals surface area contributed by atoms with E-state index in [1.54, 1.807) is 6.20 Å². The first kappa shape index (κ1) is 19.4. The molecule has 4 rings (SSSR count). The molecule has 0 radical (unpaired) electrons. The van der Waals surface area contributed by atoms with Crippen LogP contribution >= 0.6 is 0 Å². The number of hydrogen-bond acceptors (Lipinski definition) is 7. The summed E-state index contributed by atoms with van der Waals surface area (Å²) in [5, 5.41) is 11.6. The Morgan fingerprint density at radius 3 is 2.52 bits per heavy atom. The molecule has 154 valence electrons. The first-order valence-electron chi connectivity index (χ1n) is 10.5. The molecule has 0 aromatic carbocycles. The summed E-state index contributed by atoms with van der Waals surface area (Å²) in [6.45, 7) is 5.61. The molecule has 1 amide bonds. The van der Waals surface area contributed by atoms with Crippen LogP contribution in [0.3, 0.4) is 0 Å². The average molecular weight is 396 g/mol. The summed E-state index contributed by atoms with van der Waals surface area (Å²) in [4.78, 5) is 21.2. The van der Waals surface area contributed by atoms with Crippen molar-refractivity contribution >= 4 is 17.5 Å². The van der Waals surface area contributed by atoms with Crippen LogP contribution in [0, 0.1) is 0 Å². The van der Waals surface area contributed by atoms with E-state index in [-0.39, 0.29) is 12.0 Å². The van der Waals surface area contributed by atoms with Gasteiger partial charge in [0.05, 0.1) is 5.56 Å². The Bertz CT molecular complexity index is 797. The zero-order chi connectivity index (χ0) is 20.1. The number of rotatable bonds is 6. The minimum atomic E-state index is 0.0122. The van der Waals surface area contributed by atoms with E-state index in [4.69, 9.17) is 4.74 Å². The molecule has 0 bridgehead atoms. The molecule has 2 aliphatic rings. The predicted molar refractivity (Wildman–Crippen MR) is 111 cm³/mol. The molecule has 8 heteroatoms. The second-order valence-electron chi connectivity index (χ2n) is 7.50. The Hall–Kier alpha value is -2.90. The van der Waals surface area contributed by atoms with E-state index in [0.717, 1.165) is 44.1 Å². The normalized spacial score (nSPS) is 17.4. The smallest absolute Gasteiger partial charge is 0.255 e. The molecule has 2 aromatic heterocycles. The number of ether oxygens (including phenoxy) is 1. The molecule has 8 nitrogen and oxygen atoms in total. The number of nitrogens with zero attached hydrogens (tertiary/aromatic N) is 5. The fraction of sp³-hybridized carbons (Fsp3) is 0.524. The molecule has 0 unspecified atom stereocenters. The van der Waals surface area contributed by atoms with Crippen LogP contribution < -0.4 is 15.0 Å². The Labute approximate surface area is 171 Å². The van der Waals surface area contributed by atoms with Crippen LogP contribution in [0.5, 0.6) is 5.88 Å². The number of hydrogen-bond donors (Lipinski definition) is 1. The number of piperazine rings is 1. The summed E-state index contributed by atoms with van der Waals surface area (Å²) in [5.74, 6) is 2.24. The molecular formula is C21H28N6O2. The van der Waals surface area contributed by atoms with Crippen molar-refractivity contribution in [2.75, 3.05) is 42.9 Å². The van der Waals surface area contributed by atoms with Crippen molar-refractivity contribution in [1.29, 1.82) is 0 Å². The van der Waals surface area contributed by atoms with Gasteiger partial charge in [-0.1, -0.05) is 0 Å². The van der Waals surface area contributed by atoms with E-state index in [1.165, 1.54) is 12.8 Å². The third kappa shape index (κ3) is 4.75. The monoisotopic (exact) mass is 396 g/mol. The highest BCUT2D eigenvalue weighted by Gasteiger charge is 2.24. The number of carbonyl (C=O) groups excluding carboxylic acids is 1. The Morgan fingerprint density at radius 2 is 1.90 bits per heavy atom. The fourth-order valence-electron chi connectivity index (χ4n) is 3.84. The Kier molecular flexibility index (Phi) is 6.07. The van der Waals surface area contributed by atoms with Crippen molar-refractivity contribution in [3.63, 3.8) is 0 Å². The van der Waals surface area contributed by atoms with E-state index in [2.05, 4.69) is 25.4 Å². The molecule has 3 heterocycles. The van der Waals surface area contributed by atoms with Crippen LogP contribution in [-0.2, 0) is 0 Å². The summed E-state index contributed by atoms with van der Waals surface area (Å²) in [6, 6.07) is 7.53. The van der Waals surface area contributed by atoms with Gasteiger partial charge < -0.3 is 19.9 Å². The number of aromatic nitrogens is 3. The number of amides is 1. The van der Waals surface area contributed by atoms with Gasteiger partial charge in [0.15, 0.2) is 5.82 Å². The fourth-order valence-corrected chi connectivity index (χ4v) is 3.84. The molecule has 1 saturated heterocycles. The second kappa shape index (κ2) is 9.07. The lowest BCUT2D eigenvalue weighted by atomic mass is 10.2. The highest BCUT2D eigenvalue weighted by Crippen LogP contribution is 2.23. The molecule has 2 aromatic rings. The maximum atomic E-state index is 12.8. The summed E-state index contributed by atoms with van der Waals surface area (Å²) in [6.07, 6.45) is 6.53. The van der Waals surface area contributed by atoms with Crippen molar-refractivity contribution in [2.24, 2.45) is 0 Å². The lowest BCUT2D eigenvalue weighted by Crippen LogP contribution is -2.49. The van der Waals surface area contributed by atoms with Crippen LogP contribution in [0.1, 0.15) is 43.0 Å². The van der Waals surface area contributed by atoms with Crippen LogP contribution in [0.25, 0.3) is 0 Å². The van der Waals surface area contributed by atoms with Crippen LogP contribution in [0.2, 0.25) is 0 Å². The largest absolute Gasteiger partial charge is 0.474 e. The molecule has 1 aliphatic carbocycles. The molecule has 1 N–H and O–H groups in total. The molecule has 2 fully saturated rings. The van der Waals surface area contributed by atoms with Gasteiger partial charge in [-0.2, -0.15) is 0 Å². The maximum absolute atomic E-state index is 12.8. The molecule has 0 atom stereocenters. The molecule has 29 heavy (non-hydrogen) atoms. The van der Waals surface area contributed by atoms with Gasteiger partial charge in [0.25, 0.3) is 5.91 Å². The first-order chi connectivity index (χ1) is 14.2. The van der Waals surface area contributed by atoms with Gasteiger partial charge in [0.2, 0.25) is 5.88 Å². The van der Waals surface area contributed by atoms with Gasteiger partial charge in [-0.05, 0) is 50.8 Å². The SMILES string of the molecule is CCNc1ccc(N2CCN(C(=O)c3ccc(OC4CCCC4)nc3)CC2)nn1. The summed E-state index contributed by atoms with van der Waals surface area (Å²) >= 11 is 0. The zero-order valence-electron chi connectivity index (χ0n) is 16.9. The zero-order valence-corrected chi connectivity index (χ0v) is 16.9. The second-order valence-corrected chi connectivity index (χ2v) is 7.50. The van der Waals surface area contributed by atoms with E-state index >= 15 is 0 Å². The van der Waals surface area contributed by atoms with Crippen LogP contribution in [0.15, 0.2) is 30.5 Å². The predicted octanol–water partition coefficient (Wildman–Crippen LogP) is 2.59. The molecule has 1 aliphatic heterocycles. The van der Waals surface area contributed by atoms with Crippen molar-refractivity contribution in [3.05, 3.63) is 36.0 Å². The minimum absolute atomic E-state index is 0.0122. The lowest BCUT2D eigenvalue weighted by Gasteiger charge is -2.35. The maximum Gasteiger partial charge on any atom is 0.255 e. The van der Waals surface area contributed by atoms with Gasteiger partial charge in [0, 0.05) is 45.0 Å². The summed E-state index contributed by atoms with van der Waals surface area (Å²) in [5.41, 5.74) is 0.604. The highest BCUT2D eigenvalue weighted by atomic mass is 16.5. The standard InChI is InChI=1S/C21H28N6O2/c1-2-22-18-8-9-19(25-24-18)26-11-13-27(14-12-26)21(28)16-7-10-20(23-15-16)29-17-5-3-4-6-17/h7-10,15,17H,2-6,11-14H2,1H3,(H,22,24). The van der Waals surface area contributed by atoms with Crippen LogP contribution in [-0.4, -0.2) is 64.8 Å². The van der Waals surface area contributed by atoms with E-state index in [1.807, 2.05) is 36.1 Å². The van der Waals surface area contributed by atoms with Crippen molar-refractivity contribution in [3.8, 4) is 5.88 Å². The van der Waals surface area contributed by atoms with E-state index < -0.39 is 0 Å². The Morgan fingerprint density at radius 1 is 1.10 bits per heavy atom. The minimum Gasteiger partial charge on any atom is -0.474 e. The van der Waals surface area contributed by atoms with E-state index in [0.29, 0.717) is 24.5 Å². The number of carbonyl (C=O) groups is 1. The summed E-state index contributed by atoms with van der Waals surface area (Å²) in [7, 11) is 0. The first-order valence-corrected chi connectivity index (χ1v) is 10.5.